The van der Waals surface area contributed by atoms with Crippen LogP contribution in [0.3, 0.4) is 0 Å². The maximum absolute atomic E-state index is 12.3. The Labute approximate surface area is 140 Å². The molecule has 9 heteroatoms. The van der Waals surface area contributed by atoms with Gasteiger partial charge in [0.05, 0.1) is 6.61 Å². The summed E-state index contributed by atoms with van der Waals surface area (Å²) in [7, 11) is 0. The van der Waals surface area contributed by atoms with Crippen molar-refractivity contribution in [1.29, 1.82) is 0 Å². The number of carboxylic acid groups (broad SMARTS) is 1. The van der Waals surface area contributed by atoms with E-state index in [1.807, 2.05) is 20.1 Å². The summed E-state index contributed by atoms with van der Waals surface area (Å²) in [5.74, 6) is -1.64. The Hall–Kier alpha value is -1.32. The van der Waals surface area contributed by atoms with E-state index in [-0.39, 0.29) is 5.92 Å². The molecule has 0 spiro atoms. The Bertz CT molecular complexity index is 406. The molecule has 0 aliphatic rings. The first kappa shape index (κ1) is 21.7. The Morgan fingerprint density at radius 2 is 1.70 bits per heavy atom. The summed E-state index contributed by atoms with van der Waals surface area (Å²) >= 11 is 1.48. The van der Waals surface area contributed by atoms with Gasteiger partial charge in [-0.25, -0.2) is 4.79 Å². The number of rotatable bonds is 11. The number of hydrogen-bond donors (Lipinski definition) is 5. The predicted octanol–water partition coefficient (Wildman–Crippen LogP) is -0.841. The van der Waals surface area contributed by atoms with Crippen molar-refractivity contribution in [2.45, 2.75) is 44.8 Å². The van der Waals surface area contributed by atoms with E-state index in [0.29, 0.717) is 18.6 Å². The van der Waals surface area contributed by atoms with E-state index in [2.05, 4.69) is 10.6 Å². The van der Waals surface area contributed by atoms with Crippen molar-refractivity contribution in [2.24, 2.45) is 11.7 Å². The van der Waals surface area contributed by atoms with Crippen molar-refractivity contribution in [3.8, 4) is 0 Å². The molecule has 0 aliphatic heterocycles. The third-order valence-corrected chi connectivity index (χ3v) is 3.74. The fraction of sp³-hybridized carbons (Fsp3) is 0.786. The molecule has 0 fully saturated rings. The minimum absolute atomic E-state index is 0.103. The second kappa shape index (κ2) is 11.3. The standard InChI is InChI=1S/C14H27N3O5S/c1-8(2)6-11(17-12(19)9(15)7-18)13(20)16-10(14(21)22)4-5-23-3/h8-11,18H,4-7,15H2,1-3H3,(H,16,20)(H,17,19)(H,21,22). The summed E-state index contributed by atoms with van der Waals surface area (Å²) in [4.78, 5) is 35.3. The van der Waals surface area contributed by atoms with Gasteiger partial charge in [-0.3, -0.25) is 9.59 Å². The monoisotopic (exact) mass is 349 g/mol. The molecule has 3 unspecified atom stereocenters. The fourth-order valence-corrected chi connectivity index (χ4v) is 2.30. The smallest absolute Gasteiger partial charge is 0.326 e. The lowest BCUT2D eigenvalue weighted by Crippen LogP contribution is -2.55. The van der Waals surface area contributed by atoms with Crippen molar-refractivity contribution >= 4 is 29.5 Å². The van der Waals surface area contributed by atoms with Gasteiger partial charge in [0.2, 0.25) is 11.8 Å². The number of aliphatic carboxylic acids is 1. The topological polar surface area (TPSA) is 142 Å². The number of carboxylic acids is 1. The van der Waals surface area contributed by atoms with Gasteiger partial charge in [-0.2, -0.15) is 11.8 Å². The molecule has 0 heterocycles. The molecule has 8 nitrogen and oxygen atoms in total. The number of hydrogen-bond acceptors (Lipinski definition) is 6. The van der Waals surface area contributed by atoms with Crippen LogP contribution in [0, 0.1) is 5.92 Å². The van der Waals surface area contributed by atoms with Gasteiger partial charge in [0, 0.05) is 0 Å². The molecule has 23 heavy (non-hydrogen) atoms. The number of aliphatic hydroxyl groups is 1. The molecular formula is C14H27N3O5S. The van der Waals surface area contributed by atoms with E-state index in [4.69, 9.17) is 15.9 Å². The number of nitrogens with one attached hydrogen (secondary N) is 2. The zero-order chi connectivity index (χ0) is 18.0. The first-order chi connectivity index (χ1) is 10.7. The Balaban J connectivity index is 4.90. The molecule has 0 saturated carbocycles. The highest BCUT2D eigenvalue weighted by atomic mass is 32.2. The number of amides is 2. The van der Waals surface area contributed by atoms with Gasteiger partial charge in [-0.1, -0.05) is 13.8 Å². The second-order valence-electron chi connectivity index (χ2n) is 5.66. The second-order valence-corrected chi connectivity index (χ2v) is 6.65. The van der Waals surface area contributed by atoms with Gasteiger partial charge >= 0.3 is 5.97 Å². The van der Waals surface area contributed by atoms with Gasteiger partial charge in [0.25, 0.3) is 0 Å². The van der Waals surface area contributed by atoms with Crippen molar-refractivity contribution in [1.82, 2.24) is 10.6 Å². The normalized spacial score (nSPS) is 14.9. The van der Waals surface area contributed by atoms with Crippen molar-refractivity contribution in [3.05, 3.63) is 0 Å². The highest BCUT2D eigenvalue weighted by Gasteiger charge is 2.28. The molecule has 0 rings (SSSR count). The minimum atomic E-state index is -1.12. The zero-order valence-corrected chi connectivity index (χ0v) is 14.6. The van der Waals surface area contributed by atoms with Gasteiger partial charge in [-0.15, -0.1) is 0 Å². The maximum atomic E-state index is 12.3. The molecule has 6 N–H and O–H groups in total. The maximum Gasteiger partial charge on any atom is 0.326 e. The highest BCUT2D eigenvalue weighted by Crippen LogP contribution is 2.07. The van der Waals surface area contributed by atoms with E-state index >= 15 is 0 Å². The van der Waals surface area contributed by atoms with Crippen LogP contribution in [0.5, 0.6) is 0 Å². The predicted molar refractivity (Wildman–Crippen MR) is 89.0 cm³/mol. The van der Waals surface area contributed by atoms with Crippen LogP contribution in [-0.4, -0.2) is 64.7 Å². The molecule has 3 atom stereocenters. The van der Waals surface area contributed by atoms with Crippen LogP contribution in [0.4, 0.5) is 0 Å². The van der Waals surface area contributed by atoms with E-state index in [1.165, 1.54) is 11.8 Å². The van der Waals surface area contributed by atoms with E-state index in [9.17, 15) is 14.4 Å². The first-order valence-corrected chi connectivity index (χ1v) is 8.81. The molecule has 0 radical (unpaired) electrons. The van der Waals surface area contributed by atoms with Gasteiger partial charge in [0.1, 0.15) is 18.1 Å². The Morgan fingerprint density at radius 3 is 2.13 bits per heavy atom. The van der Waals surface area contributed by atoms with Crippen molar-refractivity contribution < 1.29 is 24.6 Å². The summed E-state index contributed by atoms with van der Waals surface area (Å²) in [5, 5.41) is 23.0. The van der Waals surface area contributed by atoms with Crippen LogP contribution >= 0.6 is 11.8 Å². The minimum Gasteiger partial charge on any atom is -0.480 e. The fourth-order valence-electron chi connectivity index (χ4n) is 1.83. The molecule has 0 aliphatic carbocycles. The molecular weight excluding hydrogens is 322 g/mol. The van der Waals surface area contributed by atoms with Crippen LogP contribution in [0.15, 0.2) is 0 Å². The molecule has 0 aromatic carbocycles. The summed E-state index contributed by atoms with van der Waals surface area (Å²) < 4.78 is 0. The number of carbonyl (C=O) groups is 3. The van der Waals surface area contributed by atoms with Crippen LogP contribution < -0.4 is 16.4 Å². The van der Waals surface area contributed by atoms with E-state index in [0.717, 1.165) is 0 Å². The van der Waals surface area contributed by atoms with Crippen LogP contribution in [-0.2, 0) is 14.4 Å². The average molecular weight is 349 g/mol. The lowest BCUT2D eigenvalue weighted by atomic mass is 10.0. The summed E-state index contributed by atoms with van der Waals surface area (Å²) in [6, 6.07) is -3.02. The molecule has 0 saturated heterocycles. The van der Waals surface area contributed by atoms with Crippen LogP contribution in [0.2, 0.25) is 0 Å². The lowest BCUT2D eigenvalue weighted by molar-refractivity contribution is -0.142. The largest absolute Gasteiger partial charge is 0.480 e. The average Bonchev–Trinajstić information content (AvgIpc) is 2.48. The van der Waals surface area contributed by atoms with Gasteiger partial charge < -0.3 is 26.6 Å². The number of carbonyl (C=O) groups excluding carboxylic acids is 2. The summed E-state index contributed by atoms with van der Waals surface area (Å²) in [6.45, 7) is 3.22. The number of nitrogens with two attached hydrogens (primary N) is 1. The summed E-state index contributed by atoms with van der Waals surface area (Å²) in [5.41, 5.74) is 5.42. The SMILES string of the molecule is CSCCC(NC(=O)C(CC(C)C)NC(=O)C(N)CO)C(=O)O. The van der Waals surface area contributed by atoms with Crippen LogP contribution in [0.25, 0.3) is 0 Å². The Kier molecular flexibility index (Phi) is 10.6. The van der Waals surface area contributed by atoms with Crippen molar-refractivity contribution in [3.63, 3.8) is 0 Å². The van der Waals surface area contributed by atoms with Gasteiger partial charge in [0.15, 0.2) is 0 Å². The molecule has 134 valence electrons. The van der Waals surface area contributed by atoms with E-state index < -0.39 is 42.5 Å². The number of aliphatic hydroxyl groups excluding tert-OH is 1. The third-order valence-electron chi connectivity index (χ3n) is 3.10. The van der Waals surface area contributed by atoms with E-state index in [1.54, 1.807) is 0 Å². The third kappa shape index (κ3) is 8.77. The number of thioether (sulfide) groups is 1. The lowest BCUT2D eigenvalue weighted by Gasteiger charge is -2.23. The zero-order valence-electron chi connectivity index (χ0n) is 13.7. The quantitative estimate of drug-likeness (QED) is 0.327. The molecule has 0 aromatic heterocycles. The molecule has 0 aromatic rings. The van der Waals surface area contributed by atoms with Crippen LogP contribution in [0.1, 0.15) is 26.7 Å². The first-order valence-electron chi connectivity index (χ1n) is 7.41. The van der Waals surface area contributed by atoms with Crippen molar-refractivity contribution in [2.75, 3.05) is 18.6 Å². The molecule has 0 bridgehead atoms. The highest BCUT2D eigenvalue weighted by molar-refractivity contribution is 7.98. The molecule has 2 amide bonds. The Morgan fingerprint density at radius 1 is 1.13 bits per heavy atom. The summed E-state index contributed by atoms with van der Waals surface area (Å²) in [6.07, 6.45) is 2.48. The van der Waals surface area contributed by atoms with Gasteiger partial charge in [-0.05, 0) is 30.8 Å².